The molecular weight excluding hydrogens is 303 g/mol. The van der Waals surface area contributed by atoms with E-state index in [-0.39, 0.29) is 17.4 Å². The van der Waals surface area contributed by atoms with E-state index in [9.17, 15) is 22.0 Å². The van der Waals surface area contributed by atoms with Crippen molar-refractivity contribution >= 4 is 17.3 Å². The number of hydrogen-bond donors (Lipinski definition) is 2. The van der Waals surface area contributed by atoms with E-state index in [1.54, 1.807) is 0 Å². The number of hydrogen-bond acceptors (Lipinski definition) is 2. The van der Waals surface area contributed by atoms with Crippen molar-refractivity contribution in [2.24, 2.45) is 0 Å². The Kier molecular flexibility index (Phi) is 5.93. The van der Waals surface area contributed by atoms with Gasteiger partial charge in [0.05, 0.1) is 0 Å². The third-order valence-electron chi connectivity index (χ3n) is 2.05. The van der Waals surface area contributed by atoms with Crippen LogP contribution in [0.3, 0.4) is 0 Å². The molecule has 0 bridgehead atoms. The fourth-order valence-corrected chi connectivity index (χ4v) is 1.36. The molecule has 0 atom stereocenters. The molecule has 0 radical (unpaired) electrons. The first-order valence-corrected chi connectivity index (χ1v) is 5.79. The van der Waals surface area contributed by atoms with Gasteiger partial charge >= 0.3 is 12.8 Å². The molecule has 0 saturated heterocycles. The third kappa shape index (κ3) is 7.07. The smallest absolute Gasteiger partial charge is 0.405 e. The van der Waals surface area contributed by atoms with E-state index in [0.717, 1.165) is 0 Å². The van der Waals surface area contributed by atoms with E-state index in [0.29, 0.717) is 5.56 Å². The lowest BCUT2D eigenvalue weighted by Crippen LogP contribution is -2.40. The Morgan fingerprint density at radius 3 is 2.25 bits per heavy atom. The summed E-state index contributed by atoms with van der Waals surface area (Å²) in [7, 11) is 0. The number of thiocarbonyl (C=S) groups is 1. The summed E-state index contributed by atoms with van der Waals surface area (Å²) in [4.78, 5) is 0. The zero-order chi connectivity index (χ0) is 15.2. The van der Waals surface area contributed by atoms with E-state index in [4.69, 9.17) is 0 Å². The quantitative estimate of drug-likeness (QED) is 0.647. The Bertz CT molecular complexity index is 435. The van der Waals surface area contributed by atoms with Gasteiger partial charge in [-0.25, -0.2) is 0 Å². The van der Waals surface area contributed by atoms with Crippen LogP contribution in [0.15, 0.2) is 24.3 Å². The van der Waals surface area contributed by atoms with Crippen LogP contribution in [0.1, 0.15) is 5.56 Å². The van der Waals surface area contributed by atoms with Crippen molar-refractivity contribution in [3.05, 3.63) is 29.8 Å². The normalized spacial score (nSPS) is 11.3. The molecule has 0 heterocycles. The maximum atomic E-state index is 11.9. The van der Waals surface area contributed by atoms with Crippen LogP contribution in [-0.2, 0) is 6.54 Å². The van der Waals surface area contributed by atoms with E-state index in [2.05, 4.69) is 22.3 Å². The average molecular weight is 314 g/mol. The van der Waals surface area contributed by atoms with Crippen LogP contribution in [-0.4, -0.2) is 24.4 Å². The van der Waals surface area contributed by atoms with Gasteiger partial charge < -0.3 is 15.4 Å². The third-order valence-corrected chi connectivity index (χ3v) is 2.34. The zero-order valence-corrected chi connectivity index (χ0v) is 10.8. The summed E-state index contributed by atoms with van der Waals surface area (Å²) in [5.41, 5.74) is 0.655. The average Bonchev–Trinajstić information content (AvgIpc) is 2.34. The standard InChI is InChI=1S/C11H11F5N2OS/c12-9(13)19-8-3-1-7(2-4-8)5-17-10(20)18-6-11(14,15)16/h1-4,9H,5-6H2,(H2,17,18,20). The molecule has 9 heteroatoms. The molecule has 1 aromatic rings. The van der Waals surface area contributed by atoms with Crippen molar-refractivity contribution in [2.45, 2.75) is 19.3 Å². The molecule has 20 heavy (non-hydrogen) atoms. The van der Waals surface area contributed by atoms with Gasteiger partial charge in [0.25, 0.3) is 0 Å². The van der Waals surface area contributed by atoms with Crippen molar-refractivity contribution in [1.82, 2.24) is 10.6 Å². The fourth-order valence-electron chi connectivity index (χ4n) is 1.21. The molecule has 0 fully saturated rings. The largest absolute Gasteiger partial charge is 0.435 e. The summed E-state index contributed by atoms with van der Waals surface area (Å²) in [5, 5.41) is 4.42. The van der Waals surface area contributed by atoms with Crippen molar-refractivity contribution in [3.63, 3.8) is 0 Å². The molecule has 112 valence electrons. The van der Waals surface area contributed by atoms with Crippen LogP contribution in [0, 0.1) is 0 Å². The minimum atomic E-state index is -4.35. The summed E-state index contributed by atoms with van der Waals surface area (Å²) in [6.45, 7) is -3.96. The SMILES string of the molecule is FC(F)Oc1ccc(CNC(=S)NCC(F)(F)F)cc1. The molecule has 0 aliphatic rings. The van der Waals surface area contributed by atoms with Gasteiger partial charge in [-0.15, -0.1) is 0 Å². The number of halogens is 5. The second-order valence-electron chi connectivity index (χ2n) is 3.67. The van der Waals surface area contributed by atoms with E-state index < -0.39 is 19.3 Å². The Hall–Kier alpha value is -1.64. The highest BCUT2D eigenvalue weighted by Gasteiger charge is 2.26. The lowest BCUT2D eigenvalue weighted by atomic mass is 10.2. The van der Waals surface area contributed by atoms with E-state index in [1.807, 2.05) is 5.32 Å². The monoisotopic (exact) mass is 314 g/mol. The first-order chi connectivity index (χ1) is 9.26. The number of rotatable bonds is 5. The van der Waals surface area contributed by atoms with Crippen LogP contribution in [0.5, 0.6) is 5.75 Å². The topological polar surface area (TPSA) is 33.3 Å². The Balaban J connectivity index is 2.36. The molecule has 0 aliphatic carbocycles. The van der Waals surface area contributed by atoms with Crippen molar-refractivity contribution in [2.75, 3.05) is 6.54 Å². The maximum Gasteiger partial charge on any atom is 0.405 e. The molecule has 1 aromatic carbocycles. The van der Waals surface area contributed by atoms with Crippen molar-refractivity contribution in [3.8, 4) is 5.75 Å². The predicted octanol–water partition coefficient (Wildman–Crippen LogP) is 2.81. The van der Waals surface area contributed by atoms with Gasteiger partial charge in [-0.3, -0.25) is 0 Å². The molecule has 0 aliphatic heterocycles. The lowest BCUT2D eigenvalue weighted by molar-refractivity contribution is -0.122. The van der Waals surface area contributed by atoms with Crippen LogP contribution in [0.25, 0.3) is 0 Å². The van der Waals surface area contributed by atoms with Gasteiger partial charge in [0.2, 0.25) is 0 Å². The summed E-state index contributed by atoms with van der Waals surface area (Å²) in [6, 6.07) is 5.65. The highest BCUT2D eigenvalue weighted by molar-refractivity contribution is 7.80. The zero-order valence-electron chi connectivity index (χ0n) is 10.0. The molecule has 0 amide bonds. The molecule has 3 nitrogen and oxygen atoms in total. The lowest BCUT2D eigenvalue weighted by Gasteiger charge is -2.12. The number of benzene rings is 1. The summed E-state index contributed by atoms with van der Waals surface area (Å²) in [6.07, 6.45) is -4.35. The van der Waals surface area contributed by atoms with E-state index in [1.165, 1.54) is 24.3 Å². The highest BCUT2D eigenvalue weighted by Crippen LogP contribution is 2.15. The minimum absolute atomic E-state index is 0.00141. The maximum absolute atomic E-state index is 11.9. The highest BCUT2D eigenvalue weighted by atomic mass is 32.1. The Morgan fingerprint density at radius 1 is 1.15 bits per heavy atom. The van der Waals surface area contributed by atoms with Crippen molar-refractivity contribution < 1.29 is 26.7 Å². The molecule has 0 aromatic heterocycles. The molecular formula is C11H11F5N2OS. The Labute approximate surface area is 117 Å². The summed E-state index contributed by atoms with van der Waals surface area (Å²) >= 11 is 4.66. The summed E-state index contributed by atoms with van der Waals surface area (Å²) in [5.74, 6) is 0.00141. The second kappa shape index (κ2) is 7.22. The fraction of sp³-hybridized carbons (Fsp3) is 0.364. The molecule has 0 unspecified atom stereocenters. The minimum Gasteiger partial charge on any atom is -0.435 e. The van der Waals surface area contributed by atoms with Crippen LogP contribution >= 0.6 is 12.2 Å². The van der Waals surface area contributed by atoms with Crippen molar-refractivity contribution in [1.29, 1.82) is 0 Å². The van der Waals surface area contributed by atoms with Crippen LogP contribution in [0.4, 0.5) is 22.0 Å². The van der Waals surface area contributed by atoms with Gasteiger partial charge in [0, 0.05) is 6.54 Å². The predicted molar refractivity (Wildman–Crippen MR) is 66.6 cm³/mol. The summed E-state index contributed by atoms with van der Waals surface area (Å²) < 4.78 is 63.7. The number of ether oxygens (including phenoxy) is 1. The molecule has 0 spiro atoms. The van der Waals surface area contributed by atoms with Crippen LogP contribution in [0.2, 0.25) is 0 Å². The molecule has 1 rings (SSSR count). The molecule has 0 saturated carbocycles. The van der Waals surface area contributed by atoms with Crippen LogP contribution < -0.4 is 15.4 Å². The van der Waals surface area contributed by atoms with Gasteiger partial charge in [0.15, 0.2) is 5.11 Å². The Morgan fingerprint density at radius 2 is 1.75 bits per heavy atom. The number of alkyl halides is 5. The first kappa shape index (κ1) is 16.4. The van der Waals surface area contributed by atoms with E-state index >= 15 is 0 Å². The van der Waals surface area contributed by atoms with Gasteiger partial charge in [-0.05, 0) is 29.9 Å². The first-order valence-electron chi connectivity index (χ1n) is 5.38. The van der Waals surface area contributed by atoms with Gasteiger partial charge in [-0.2, -0.15) is 22.0 Å². The molecule has 2 N–H and O–H groups in total. The second-order valence-corrected chi connectivity index (χ2v) is 4.08. The van der Waals surface area contributed by atoms with Gasteiger partial charge in [-0.1, -0.05) is 12.1 Å². The van der Waals surface area contributed by atoms with Gasteiger partial charge in [0.1, 0.15) is 12.3 Å². The number of nitrogens with one attached hydrogen (secondary N) is 2.